The van der Waals surface area contributed by atoms with Crippen molar-refractivity contribution in [2.75, 3.05) is 7.05 Å². The fourth-order valence-corrected chi connectivity index (χ4v) is 3.40. The lowest BCUT2D eigenvalue weighted by molar-refractivity contribution is 0.0641. The number of thiazole rings is 1. The van der Waals surface area contributed by atoms with E-state index in [1.165, 1.54) is 11.3 Å². The van der Waals surface area contributed by atoms with Gasteiger partial charge in [-0.3, -0.25) is 4.79 Å². The molecular weight excluding hydrogens is 236 g/mol. The van der Waals surface area contributed by atoms with Crippen LogP contribution >= 0.6 is 11.3 Å². The molecule has 4 nitrogen and oxygen atoms in total. The van der Waals surface area contributed by atoms with E-state index in [0.29, 0.717) is 10.9 Å². The summed E-state index contributed by atoms with van der Waals surface area (Å²) in [6.45, 7) is 4.23. The molecule has 1 aromatic heterocycles. The van der Waals surface area contributed by atoms with Crippen molar-refractivity contribution in [2.45, 2.75) is 32.8 Å². The summed E-state index contributed by atoms with van der Waals surface area (Å²) in [6, 6.07) is 0. The maximum absolute atomic E-state index is 11.5. The molecule has 0 fully saturated rings. The molecule has 1 amide bonds. The van der Waals surface area contributed by atoms with Crippen LogP contribution < -0.4 is 5.32 Å². The molecule has 0 aromatic carbocycles. The first kappa shape index (κ1) is 12.5. The lowest BCUT2D eigenvalue weighted by Gasteiger charge is -2.29. The number of nitrogens with zero attached hydrogens (tertiary/aromatic N) is 1. The van der Waals surface area contributed by atoms with Crippen LogP contribution in [0.1, 0.15) is 46.7 Å². The van der Waals surface area contributed by atoms with Gasteiger partial charge in [-0.05, 0) is 24.7 Å². The highest BCUT2D eigenvalue weighted by Crippen LogP contribution is 2.40. The number of aliphatic hydroxyl groups excluding tert-OH is 1. The molecule has 0 saturated carbocycles. The van der Waals surface area contributed by atoms with E-state index in [2.05, 4.69) is 24.1 Å². The fourth-order valence-electron chi connectivity index (χ4n) is 2.33. The van der Waals surface area contributed by atoms with Crippen molar-refractivity contribution in [1.82, 2.24) is 10.3 Å². The van der Waals surface area contributed by atoms with Crippen molar-refractivity contribution in [3.05, 3.63) is 15.6 Å². The molecule has 2 unspecified atom stereocenters. The number of amides is 1. The Labute approximate surface area is 105 Å². The average molecular weight is 254 g/mol. The topological polar surface area (TPSA) is 62.2 Å². The smallest absolute Gasteiger partial charge is 0.280 e. The van der Waals surface area contributed by atoms with Gasteiger partial charge in [0.15, 0.2) is 5.01 Å². The Morgan fingerprint density at radius 2 is 2.29 bits per heavy atom. The molecule has 2 N–H and O–H groups in total. The number of aromatic nitrogens is 1. The fraction of sp³-hybridized carbons (Fsp3) is 0.667. The SMILES string of the molecule is CNC(=O)c1nc2c(s1)CCC(C(C)C)C2O. The second kappa shape index (κ2) is 4.74. The average Bonchev–Trinajstić information content (AvgIpc) is 2.72. The first-order valence-electron chi connectivity index (χ1n) is 5.94. The standard InChI is InChI=1S/C12H18N2O2S/c1-6(2)7-4-5-8-9(10(7)15)14-12(17-8)11(16)13-3/h6-7,10,15H,4-5H2,1-3H3,(H,13,16). The third-order valence-electron chi connectivity index (χ3n) is 3.40. The molecule has 1 aliphatic rings. The zero-order chi connectivity index (χ0) is 12.6. The van der Waals surface area contributed by atoms with Crippen LogP contribution in [0.4, 0.5) is 0 Å². The lowest BCUT2D eigenvalue weighted by atomic mass is 9.80. The van der Waals surface area contributed by atoms with Gasteiger partial charge in [0.25, 0.3) is 5.91 Å². The summed E-state index contributed by atoms with van der Waals surface area (Å²) in [5, 5.41) is 13.3. The van der Waals surface area contributed by atoms with Crippen LogP contribution in [0.15, 0.2) is 0 Å². The Bertz CT molecular complexity index is 428. The minimum Gasteiger partial charge on any atom is -0.386 e. The lowest BCUT2D eigenvalue weighted by Crippen LogP contribution is -2.24. The second-order valence-electron chi connectivity index (χ2n) is 4.80. The van der Waals surface area contributed by atoms with Gasteiger partial charge in [0.2, 0.25) is 0 Å². The highest BCUT2D eigenvalue weighted by atomic mass is 32.1. The highest BCUT2D eigenvalue weighted by molar-refractivity contribution is 7.13. The van der Waals surface area contributed by atoms with Crippen molar-refractivity contribution in [1.29, 1.82) is 0 Å². The molecule has 1 heterocycles. The molecule has 0 aliphatic heterocycles. The number of hydrogen-bond donors (Lipinski definition) is 2. The largest absolute Gasteiger partial charge is 0.386 e. The van der Waals surface area contributed by atoms with Crippen LogP contribution in [-0.4, -0.2) is 23.0 Å². The summed E-state index contributed by atoms with van der Waals surface area (Å²) in [7, 11) is 1.59. The molecular formula is C12H18N2O2S. The molecule has 0 spiro atoms. The van der Waals surface area contributed by atoms with E-state index in [1.54, 1.807) is 7.05 Å². The Balaban J connectivity index is 2.30. The first-order chi connectivity index (χ1) is 8.04. The van der Waals surface area contributed by atoms with Crippen molar-refractivity contribution >= 4 is 17.2 Å². The maximum Gasteiger partial charge on any atom is 0.280 e. The second-order valence-corrected chi connectivity index (χ2v) is 5.88. The monoisotopic (exact) mass is 254 g/mol. The molecule has 0 saturated heterocycles. The number of hydrogen-bond acceptors (Lipinski definition) is 4. The predicted molar refractivity (Wildman–Crippen MR) is 67.1 cm³/mol. The quantitative estimate of drug-likeness (QED) is 0.845. The Hall–Kier alpha value is -0.940. The van der Waals surface area contributed by atoms with Crippen LogP contribution in [0, 0.1) is 11.8 Å². The van der Waals surface area contributed by atoms with Crippen LogP contribution in [-0.2, 0) is 6.42 Å². The third kappa shape index (κ3) is 2.21. The molecule has 0 bridgehead atoms. The summed E-state index contributed by atoms with van der Waals surface area (Å²) < 4.78 is 0. The first-order valence-corrected chi connectivity index (χ1v) is 6.76. The van der Waals surface area contributed by atoms with Gasteiger partial charge in [0, 0.05) is 11.9 Å². The normalized spacial score (nSPS) is 23.6. The van der Waals surface area contributed by atoms with Crippen LogP contribution in [0.2, 0.25) is 0 Å². The summed E-state index contributed by atoms with van der Waals surface area (Å²) in [6.07, 6.45) is 1.37. The van der Waals surface area contributed by atoms with Crippen molar-refractivity contribution < 1.29 is 9.90 Å². The third-order valence-corrected chi connectivity index (χ3v) is 4.53. The molecule has 17 heavy (non-hydrogen) atoms. The number of aryl methyl sites for hydroxylation is 1. The van der Waals surface area contributed by atoms with Crippen molar-refractivity contribution in [2.24, 2.45) is 11.8 Å². The maximum atomic E-state index is 11.5. The number of aliphatic hydroxyl groups is 1. The van der Waals surface area contributed by atoms with Gasteiger partial charge in [0.05, 0.1) is 5.69 Å². The van der Waals surface area contributed by atoms with E-state index < -0.39 is 6.10 Å². The highest BCUT2D eigenvalue weighted by Gasteiger charge is 2.33. The van der Waals surface area contributed by atoms with Gasteiger partial charge in [-0.2, -0.15) is 0 Å². The molecule has 2 rings (SSSR count). The van der Waals surface area contributed by atoms with Gasteiger partial charge in [-0.15, -0.1) is 11.3 Å². The molecule has 1 aromatic rings. The minimum atomic E-state index is -0.520. The summed E-state index contributed by atoms with van der Waals surface area (Å²) in [5.74, 6) is 0.517. The number of fused-ring (bicyclic) bond motifs is 1. The molecule has 2 atom stereocenters. The predicted octanol–water partition coefficient (Wildman–Crippen LogP) is 1.75. The Morgan fingerprint density at radius 3 is 2.88 bits per heavy atom. The van der Waals surface area contributed by atoms with E-state index in [-0.39, 0.29) is 11.8 Å². The van der Waals surface area contributed by atoms with E-state index in [4.69, 9.17) is 0 Å². The van der Waals surface area contributed by atoms with Crippen LogP contribution in [0.3, 0.4) is 0 Å². The molecule has 5 heteroatoms. The number of nitrogens with one attached hydrogen (secondary N) is 1. The van der Waals surface area contributed by atoms with E-state index in [9.17, 15) is 9.90 Å². The van der Waals surface area contributed by atoms with Crippen molar-refractivity contribution in [3.63, 3.8) is 0 Å². The molecule has 94 valence electrons. The Kier molecular flexibility index (Phi) is 3.49. The zero-order valence-corrected chi connectivity index (χ0v) is 11.2. The Morgan fingerprint density at radius 1 is 1.59 bits per heavy atom. The van der Waals surface area contributed by atoms with E-state index >= 15 is 0 Å². The number of rotatable bonds is 2. The summed E-state index contributed by atoms with van der Waals surface area (Å²) >= 11 is 1.40. The summed E-state index contributed by atoms with van der Waals surface area (Å²) in [5.41, 5.74) is 0.721. The number of carbonyl (C=O) groups is 1. The zero-order valence-electron chi connectivity index (χ0n) is 10.4. The van der Waals surface area contributed by atoms with E-state index in [0.717, 1.165) is 23.4 Å². The van der Waals surface area contributed by atoms with Gasteiger partial charge >= 0.3 is 0 Å². The van der Waals surface area contributed by atoms with Gasteiger partial charge in [-0.25, -0.2) is 4.98 Å². The van der Waals surface area contributed by atoms with E-state index in [1.807, 2.05) is 0 Å². The van der Waals surface area contributed by atoms with Crippen LogP contribution in [0.25, 0.3) is 0 Å². The van der Waals surface area contributed by atoms with Crippen LogP contribution in [0.5, 0.6) is 0 Å². The minimum absolute atomic E-state index is 0.169. The van der Waals surface area contributed by atoms with Gasteiger partial charge in [-0.1, -0.05) is 13.8 Å². The molecule has 0 radical (unpaired) electrons. The summed E-state index contributed by atoms with van der Waals surface area (Å²) in [4.78, 5) is 16.9. The van der Waals surface area contributed by atoms with Gasteiger partial charge < -0.3 is 10.4 Å². The van der Waals surface area contributed by atoms with Crippen molar-refractivity contribution in [3.8, 4) is 0 Å². The van der Waals surface area contributed by atoms with Gasteiger partial charge in [0.1, 0.15) is 6.10 Å². The number of carbonyl (C=O) groups excluding carboxylic acids is 1. The molecule has 1 aliphatic carbocycles.